The van der Waals surface area contributed by atoms with Crippen LogP contribution >= 0.6 is 23.2 Å². The third-order valence-corrected chi connectivity index (χ3v) is 3.19. The minimum Gasteiger partial charge on any atom is -0.477 e. The number of rotatable bonds is 6. The first kappa shape index (κ1) is 14.8. The van der Waals surface area contributed by atoms with Gasteiger partial charge in [-0.2, -0.15) is 4.98 Å². The average molecular weight is 313 g/mol. The van der Waals surface area contributed by atoms with Crippen molar-refractivity contribution in [1.82, 2.24) is 9.97 Å². The van der Waals surface area contributed by atoms with E-state index in [-0.39, 0.29) is 0 Å². The minimum atomic E-state index is 0.318. The van der Waals surface area contributed by atoms with E-state index in [0.29, 0.717) is 28.3 Å². The van der Waals surface area contributed by atoms with Crippen LogP contribution in [0.3, 0.4) is 0 Å². The third kappa shape index (κ3) is 3.96. The van der Waals surface area contributed by atoms with Crippen LogP contribution in [0, 0.1) is 0 Å². The molecule has 5 nitrogen and oxygen atoms in total. The van der Waals surface area contributed by atoms with Crippen LogP contribution < -0.4 is 16.0 Å². The van der Waals surface area contributed by atoms with Gasteiger partial charge in [0.05, 0.1) is 11.6 Å². The molecule has 0 unspecified atom stereocenters. The van der Waals surface area contributed by atoms with Crippen LogP contribution in [0.5, 0.6) is 5.88 Å². The summed E-state index contributed by atoms with van der Waals surface area (Å²) in [5, 5.41) is 0.708. The monoisotopic (exact) mass is 312 g/mol. The topological polar surface area (TPSA) is 73.1 Å². The molecule has 0 aliphatic rings. The number of aryl methyl sites for hydroxylation is 1. The molecule has 0 spiro atoms. The molecule has 2 aromatic rings. The number of nitrogens with zero attached hydrogens (tertiary/aromatic N) is 2. The van der Waals surface area contributed by atoms with Crippen LogP contribution in [-0.4, -0.2) is 16.6 Å². The van der Waals surface area contributed by atoms with Crippen LogP contribution in [0.25, 0.3) is 0 Å². The predicted molar refractivity (Wildman–Crippen MR) is 80.1 cm³/mol. The van der Waals surface area contributed by atoms with Crippen molar-refractivity contribution in [3.63, 3.8) is 0 Å². The molecule has 0 saturated heterocycles. The van der Waals surface area contributed by atoms with E-state index < -0.39 is 0 Å². The van der Waals surface area contributed by atoms with Crippen molar-refractivity contribution in [3.8, 4) is 5.88 Å². The zero-order valence-electron chi connectivity index (χ0n) is 10.6. The number of nitrogens with two attached hydrogens (primary N) is 1. The van der Waals surface area contributed by atoms with E-state index in [2.05, 4.69) is 15.4 Å². The van der Waals surface area contributed by atoms with Gasteiger partial charge in [0.1, 0.15) is 5.02 Å². The van der Waals surface area contributed by atoms with Crippen molar-refractivity contribution < 1.29 is 4.74 Å². The van der Waals surface area contributed by atoms with Gasteiger partial charge in [0, 0.05) is 12.4 Å². The van der Waals surface area contributed by atoms with Gasteiger partial charge < -0.3 is 10.2 Å². The fraction of sp³-hybridized carbons (Fsp3) is 0.231. The van der Waals surface area contributed by atoms with Gasteiger partial charge in [-0.3, -0.25) is 4.98 Å². The molecule has 20 heavy (non-hydrogen) atoms. The van der Waals surface area contributed by atoms with Crippen molar-refractivity contribution in [1.29, 1.82) is 0 Å². The quantitative estimate of drug-likeness (QED) is 0.487. The summed E-state index contributed by atoms with van der Waals surface area (Å²) in [6.07, 6.45) is 5.28. The lowest BCUT2D eigenvalue weighted by molar-refractivity contribution is 0.300. The molecule has 0 radical (unpaired) electrons. The highest BCUT2D eigenvalue weighted by Crippen LogP contribution is 2.30. The zero-order valence-corrected chi connectivity index (χ0v) is 12.2. The Bertz CT molecular complexity index is 566. The van der Waals surface area contributed by atoms with Crippen molar-refractivity contribution >= 4 is 29.0 Å². The Kier molecular flexibility index (Phi) is 5.40. The molecule has 3 N–H and O–H groups in total. The molecule has 7 heteroatoms. The fourth-order valence-electron chi connectivity index (χ4n) is 1.65. The van der Waals surface area contributed by atoms with Gasteiger partial charge in [0.15, 0.2) is 5.82 Å². The smallest absolute Gasteiger partial charge is 0.234 e. The number of nitrogens with one attached hydrogen (secondary N) is 1. The fourth-order valence-corrected chi connectivity index (χ4v) is 2.11. The SMILES string of the molecule is NNc1nc(OCCCc2ccncc2)c(Cl)cc1Cl. The molecule has 0 fully saturated rings. The maximum absolute atomic E-state index is 6.01. The van der Waals surface area contributed by atoms with Crippen molar-refractivity contribution in [2.75, 3.05) is 12.0 Å². The summed E-state index contributed by atoms with van der Waals surface area (Å²) in [5.41, 5.74) is 3.60. The van der Waals surface area contributed by atoms with E-state index in [1.165, 1.54) is 5.56 Å². The van der Waals surface area contributed by atoms with Gasteiger partial charge in [0.25, 0.3) is 0 Å². The number of hydrazine groups is 1. The summed E-state index contributed by atoms with van der Waals surface area (Å²) < 4.78 is 5.54. The predicted octanol–water partition coefficient (Wildman–Crippen LogP) is 3.08. The van der Waals surface area contributed by atoms with E-state index in [4.69, 9.17) is 33.8 Å². The van der Waals surface area contributed by atoms with Crippen molar-refractivity contribution in [2.24, 2.45) is 5.84 Å². The first-order valence-corrected chi connectivity index (χ1v) is 6.80. The molecule has 0 aliphatic heterocycles. The Morgan fingerprint density at radius 2 is 1.95 bits per heavy atom. The number of hydrogen-bond donors (Lipinski definition) is 2. The molecular weight excluding hydrogens is 299 g/mol. The maximum atomic E-state index is 6.01. The van der Waals surface area contributed by atoms with Crippen LogP contribution in [0.4, 0.5) is 5.82 Å². The molecule has 106 valence electrons. The normalized spacial score (nSPS) is 10.3. The number of hydrogen-bond acceptors (Lipinski definition) is 5. The minimum absolute atomic E-state index is 0.318. The number of anilines is 1. The van der Waals surface area contributed by atoms with Crippen LogP contribution in [0.15, 0.2) is 30.6 Å². The van der Waals surface area contributed by atoms with E-state index in [1.807, 2.05) is 12.1 Å². The molecule has 2 rings (SSSR count). The van der Waals surface area contributed by atoms with Gasteiger partial charge in [-0.15, -0.1) is 0 Å². The lowest BCUT2D eigenvalue weighted by Crippen LogP contribution is -2.10. The third-order valence-electron chi connectivity index (χ3n) is 2.63. The van der Waals surface area contributed by atoms with Crippen molar-refractivity contribution in [2.45, 2.75) is 12.8 Å². The van der Waals surface area contributed by atoms with Crippen molar-refractivity contribution in [3.05, 3.63) is 46.2 Å². The molecule has 0 amide bonds. The Morgan fingerprint density at radius 1 is 1.20 bits per heavy atom. The second-order valence-electron chi connectivity index (χ2n) is 4.06. The van der Waals surface area contributed by atoms with Crippen LogP contribution in [0.1, 0.15) is 12.0 Å². The Morgan fingerprint density at radius 3 is 2.65 bits per heavy atom. The number of ether oxygens (including phenoxy) is 1. The van der Waals surface area contributed by atoms with Crippen LogP contribution in [-0.2, 0) is 6.42 Å². The van der Waals surface area contributed by atoms with Gasteiger partial charge in [0.2, 0.25) is 5.88 Å². The molecular formula is C13H14Cl2N4O. The van der Waals surface area contributed by atoms with E-state index in [9.17, 15) is 0 Å². The number of pyridine rings is 2. The summed E-state index contributed by atoms with van der Waals surface area (Å²) in [5.74, 6) is 5.95. The lowest BCUT2D eigenvalue weighted by atomic mass is 10.1. The highest BCUT2D eigenvalue weighted by atomic mass is 35.5. The highest BCUT2D eigenvalue weighted by Gasteiger charge is 2.09. The summed E-state index contributed by atoms with van der Waals surface area (Å²) in [7, 11) is 0. The lowest BCUT2D eigenvalue weighted by Gasteiger charge is -2.10. The molecule has 2 aromatic heterocycles. The number of halogens is 2. The Labute approximate surface area is 127 Å². The zero-order chi connectivity index (χ0) is 14.4. The van der Waals surface area contributed by atoms with E-state index in [0.717, 1.165) is 12.8 Å². The molecule has 0 aromatic carbocycles. The van der Waals surface area contributed by atoms with E-state index >= 15 is 0 Å². The summed E-state index contributed by atoms with van der Waals surface area (Å²) in [6, 6.07) is 5.50. The first-order chi connectivity index (χ1) is 9.70. The number of nitrogen functional groups attached to an aromatic ring is 1. The second-order valence-corrected chi connectivity index (χ2v) is 4.87. The summed E-state index contributed by atoms with van der Waals surface area (Å²) in [6.45, 7) is 0.501. The van der Waals surface area contributed by atoms with Gasteiger partial charge in [-0.05, 0) is 36.6 Å². The molecule has 0 bridgehead atoms. The van der Waals surface area contributed by atoms with E-state index in [1.54, 1.807) is 18.5 Å². The first-order valence-electron chi connectivity index (χ1n) is 6.05. The largest absolute Gasteiger partial charge is 0.477 e. The van der Waals surface area contributed by atoms with Gasteiger partial charge in [-0.1, -0.05) is 23.2 Å². The highest BCUT2D eigenvalue weighted by molar-refractivity contribution is 6.36. The van der Waals surface area contributed by atoms with Crippen LogP contribution in [0.2, 0.25) is 10.0 Å². The average Bonchev–Trinajstić information content (AvgIpc) is 2.46. The maximum Gasteiger partial charge on any atom is 0.234 e. The number of aromatic nitrogens is 2. The van der Waals surface area contributed by atoms with Gasteiger partial charge in [-0.25, -0.2) is 5.84 Å². The standard InChI is InChI=1S/C13H14Cl2N4O/c14-10-8-11(15)13(18-12(10)19-16)20-7-1-2-9-3-5-17-6-4-9/h3-6,8H,1-2,7,16H2,(H,18,19). The molecule has 0 saturated carbocycles. The molecule has 0 atom stereocenters. The Hall–Kier alpha value is -1.56. The van der Waals surface area contributed by atoms with Gasteiger partial charge >= 0.3 is 0 Å². The molecule has 2 heterocycles. The second kappa shape index (κ2) is 7.28. The summed E-state index contributed by atoms with van der Waals surface area (Å²) >= 11 is 11.9. The molecule has 0 aliphatic carbocycles. The summed E-state index contributed by atoms with van der Waals surface area (Å²) in [4.78, 5) is 8.07. The Balaban J connectivity index is 1.88.